The normalized spacial score (nSPS) is 17.3. The third-order valence-electron chi connectivity index (χ3n) is 2.06. The van der Waals surface area contributed by atoms with Crippen molar-refractivity contribution in [2.75, 3.05) is 6.61 Å². The molecule has 15 heavy (non-hydrogen) atoms. The Morgan fingerprint density at radius 1 is 1.33 bits per heavy atom. The maximum Gasteiger partial charge on any atom is 0.217 e. The van der Waals surface area contributed by atoms with Gasteiger partial charge in [0.25, 0.3) is 0 Å². The summed E-state index contributed by atoms with van der Waals surface area (Å²) in [6.07, 6.45) is -2.75. The zero-order chi connectivity index (χ0) is 12.0. The third kappa shape index (κ3) is 5.68. The molecular formula is C9H19NO5. The summed E-state index contributed by atoms with van der Waals surface area (Å²) in [6.45, 7) is 2.82. The molecule has 5 N–H and O–H groups in total. The van der Waals surface area contributed by atoms with Crippen LogP contribution in [0.1, 0.15) is 20.3 Å². The first-order valence-corrected chi connectivity index (χ1v) is 4.80. The maximum absolute atomic E-state index is 10.7. The molecule has 0 fully saturated rings. The summed E-state index contributed by atoms with van der Waals surface area (Å²) in [7, 11) is 0. The number of rotatable bonds is 6. The minimum absolute atomic E-state index is 0.106. The molecule has 0 heterocycles. The van der Waals surface area contributed by atoms with Gasteiger partial charge in [-0.15, -0.1) is 0 Å². The molecule has 0 rings (SSSR count). The molecule has 0 saturated carbocycles. The van der Waals surface area contributed by atoms with E-state index in [1.165, 1.54) is 6.92 Å². The molecule has 3 atom stereocenters. The summed E-state index contributed by atoms with van der Waals surface area (Å²) in [5.74, 6) is -0.626. The van der Waals surface area contributed by atoms with E-state index in [-0.39, 0.29) is 18.9 Å². The van der Waals surface area contributed by atoms with Crippen LogP contribution in [0.15, 0.2) is 0 Å². The van der Waals surface area contributed by atoms with Gasteiger partial charge in [0.1, 0.15) is 6.04 Å². The monoisotopic (exact) mass is 221 g/mol. The summed E-state index contributed by atoms with van der Waals surface area (Å²) in [5, 5.41) is 38.5. The SMILES string of the molecule is CC(=O)NC(C(O)O)C(O)CC(C)CO. The van der Waals surface area contributed by atoms with Crippen LogP contribution in [0.2, 0.25) is 0 Å². The topological polar surface area (TPSA) is 110 Å². The molecule has 1 amide bonds. The van der Waals surface area contributed by atoms with Crippen LogP contribution in [0.5, 0.6) is 0 Å². The van der Waals surface area contributed by atoms with Crippen LogP contribution < -0.4 is 5.32 Å². The molecule has 0 radical (unpaired) electrons. The van der Waals surface area contributed by atoms with Crippen LogP contribution in [0, 0.1) is 5.92 Å². The van der Waals surface area contributed by atoms with E-state index in [4.69, 9.17) is 15.3 Å². The van der Waals surface area contributed by atoms with E-state index in [0.29, 0.717) is 0 Å². The fourth-order valence-corrected chi connectivity index (χ4v) is 1.24. The van der Waals surface area contributed by atoms with Crippen LogP contribution in [-0.2, 0) is 4.79 Å². The number of hydrogen-bond acceptors (Lipinski definition) is 5. The predicted octanol–water partition coefficient (Wildman–Crippen LogP) is -1.82. The van der Waals surface area contributed by atoms with Gasteiger partial charge in [-0.05, 0) is 12.3 Å². The smallest absolute Gasteiger partial charge is 0.217 e. The van der Waals surface area contributed by atoms with Crippen molar-refractivity contribution in [1.82, 2.24) is 5.32 Å². The van der Waals surface area contributed by atoms with Gasteiger partial charge < -0.3 is 25.7 Å². The Hall–Kier alpha value is -0.690. The van der Waals surface area contributed by atoms with Crippen LogP contribution in [0.4, 0.5) is 0 Å². The van der Waals surface area contributed by atoms with Gasteiger partial charge in [-0.3, -0.25) is 4.79 Å². The zero-order valence-electron chi connectivity index (χ0n) is 8.92. The van der Waals surface area contributed by atoms with Crippen molar-refractivity contribution in [3.8, 4) is 0 Å². The Kier molecular flexibility index (Phi) is 6.42. The number of nitrogens with one attached hydrogen (secondary N) is 1. The molecular weight excluding hydrogens is 202 g/mol. The summed E-state index contributed by atoms with van der Waals surface area (Å²) < 4.78 is 0. The lowest BCUT2D eigenvalue weighted by molar-refractivity contribution is -0.131. The highest BCUT2D eigenvalue weighted by atomic mass is 16.5. The van der Waals surface area contributed by atoms with Gasteiger partial charge in [0.05, 0.1) is 6.10 Å². The van der Waals surface area contributed by atoms with Crippen molar-refractivity contribution in [2.45, 2.75) is 38.7 Å². The molecule has 90 valence electrons. The Balaban J connectivity index is 4.28. The second-order valence-corrected chi connectivity index (χ2v) is 3.73. The van der Waals surface area contributed by atoms with Crippen molar-refractivity contribution in [3.05, 3.63) is 0 Å². The molecule has 0 aromatic carbocycles. The molecule has 0 aromatic rings. The van der Waals surface area contributed by atoms with Crippen molar-refractivity contribution in [1.29, 1.82) is 0 Å². The number of aliphatic hydroxyl groups excluding tert-OH is 3. The quantitative estimate of drug-likeness (QED) is 0.339. The summed E-state index contributed by atoms with van der Waals surface area (Å²) >= 11 is 0. The molecule has 0 aromatic heterocycles. The van der Waals surface area contributed by atoms with Crippen molar-refractivity contribution in [2.24, 2.45) is 5.92 Å². The predicted molar refractivity (Wildman–Crippen MR) is 52.7 cm³/mol. The molecule has 0 bridgehead atoms. The molecule has 0 aliphatic carbocycles. The van der Waals surface area contributed by atoms with Crippen LogP contribution in [0.3, 0.4) is 0 Å². The Bertz CT molecular complexity index is 197. The summed E-state index contributed by atoms with van der Waals surface area (Å²) in [5.41, 5.74) is 0. The zero-order valence-corrected chi connectivity index (χ0v) is 8.92. The Labute approximate surface area is 88.5 Å². The molecule has 0 spiro atoms. The first kappa shape index (κ1) is 14.3. The van der Waals surface area contributed by atoms with Crippen molar-refractivity contribution in [3.63, 3.8) is 0 Å². The van der Waals surface area contributed by atoms with Gasteiger partial charge in [0, 0.05) is 13.5 Å². The summed E-state index contributed by atoms with van der Waals surface area (Å²) in [4.78, 5) is 10.7. The second-order valence-electron chi connectivity index (χ2n) is 3.73. The van der Waals surface area contributed by atoms with Crippen molar-refractivity contribution >= 4 is 5.91 Å². The third-order valence-corrected chi connectivity index (χ3v) is 2.06. The standard InChI is InChI=1S/C9H19NO5/c1-5(4-11)3-7(13)8(9(14)15)10-6(2)12/h5,7-9,11,13-15H,3-4H2,1-2H3,(H,10,12). The minimum Gasteiger partial charge on any atom is -0.396 e. The Morgan fingerprint density at radius 2 is 1.87 bits per heavy atom. The fourth-order valence-electron chi connectivity index (χ4n) is 1.24. The van der Waals surface area contributed by atoms with E-state index in [1.807, 2.05) is 0 Å². The average molecular weight is 221 g/mol. The molecule has 0 aliphatic rings. The van der Waals surface area contributed by atoms with E-state index >= 15 is 0 Å². The minimum atomic E-state index is -1.82. The lowest BCUT2D eigenvalue weighted by atomic mass is 9.99. The fraction of sp³-hybridized carbons (Fsp3) is 0.889. The molecule has 0 aliphatic heterocycles. The molecule has 3 unspecified atom stereocenters. The number of carbonyl (C=O) groups is 1. The van der Waals surface area contributed by atoms with Gasteiger partial charge in [0.2, 0.25) is 5.91 Å². The molecule has 6 nitrogen and oxygen atoms in total. The van der Waals surface area contributed by atoms with E-state index in [1.54, 1.807) is 6.92 Å². The van der Waals surface area contributed by atoms with Crippen LogP contribution in [0.25, 0.3) is 0 Å². The van der Waals surface area contributed by atoms with Gasteiger partial charge in [-0.2, -0.15) is 0 Å². The molecule has 6 heteroatoms. The van der Waals surface area contributed by atoms with Crippen LogP contribution >= 0.6 is 0 Å². The number of aliphatic hydroxyl groups is 4. The number of amides is 1. The van der Waals surface area contributed by atoms with Gasteiger partial charge >= 0.3 is 0 Å². The van der Waals surface area contributed by atoms with E-state index in [9.17, 15) is 9.90 Å². The lowest BCUT2D eigenvalue weighted by Crippen LogP contribution is -2.50. The van der Waals surface area contributed by atoms with Crippen LogP contribution in [-0.4, -0.2) is 51.4 Å². The lowest BCUT2D eigenvalue weighted by Gasteiger charge is -2.26. The van der Waals surface area contributed by atoms with Gasteiger partial charge in [-0.25, -0.2) is 0 Å². The van der Waals surface area contributed by atoms with Crippen molar-refractivity contribution < 1.29 is 25.2 Å². The average Bonchev–Trinajstić information content (AvgIpc) is 2.12. The number of carbonyl (C=O) groups excluding carboxylic acids is 1. The van der Waals surface area contributed by atoms with E-state index in [2.05, 4.69) is 5.32 Å². The van der Waals surface area contributed by atoms with E-state index in [0.717, 1.165) is 0 Å². The first-order chi connectivity index (χ1) is 6.88. The highest BCUT2D eigenvalue weighted by molar-refractivity contribution is 5.73. The summed E-state index contributed by atoms with van der Waals surface area (Å²) in [6, 6.07) is -1.13. The highest BCUT2D eigenvalue weighted by Gasteiger charge is 2.27. The Morgan fingerprint density at radius 3 is 2.20 bits per heavy atom. The van der Waals surface area contributed by atoms with E-state index < -0.39 is 24.3 Å². The molecule has 0 saturated heterocycles. The maximum atomic E-state index is 10.7. The highest BCUT2D eigenvalue weighted by Crippen LogP contribution is 2.10. The first-order valence-electron chi connectivity index (χ1n) is 4.80. The largest absolute Gasteiger partial charge is 0.396 e. The van der Waals surface area contributed by atoms with Gasteiger partial charge in [0.15, 0.2) is 6.29 Å². The number of hydrogen-bond donors (Lipinski definition) is 5. The van der Waals surface area contributed by atoms with Gasteiger partial charge in [-0.1, -0.05) is 6.92 Å². The second kappa shape index (κ2) is 6.73.